The second-order valence-electron chi connectivity index (χ2n) is 4.34. The monoisotopic (exact) mass is 304 g/mol. The van der Waals surface area contributed by atoms with Gasteiger partial charge in [0.2, 0.25) is 5.91 Å². The molecular weight excluding hydrogens is 288 g/mol. The van der Waals surface area contributed by atoms with Gasteiger partial charge in [0.1, 0.15) is 5.82 Å². The van der Waals surface area contributed by atoms with Gasteiger partial charge in [-0.1, -0.05) is 42.1 Å². The number of H-pyrrole nitrogens is 1. The van der Waals surface area contributed by atoms with Crippen LogP contribution >= 0.6 is 11.8 Å². The SMILES string of the molecule is Nc1cc(=O)[nH]c(SCCC(=O)NCc2ccccc2)n1. The molecule has 1 aromatic heterocycles. The molecule has 0 bridgehead atoms. The summed E-state index contributed by atoms with van der Waals surface area (Å²) in [6.45, 7) is 0.512. The lowest BCUT2D eigenvalue weighted by Crippen LogP contribution is -2.23. The minimum absolute atomic E-state index is 0.0439. The third kappa shape index (κ3) is 5.31. The van der Waals surface area contributed by atoms with E-state index in [0.29, 0.717) is 23.9 Å². The molecule has 1 amide bonds. The molecule has 0 unspecified atom stereocenters. The van der Waals surface area contributed by atoms with Crippen molar-refractivity contribution in [2.45, 2.75) is 18.1 Å². The fraction of sp³-hybridized carbons (Fsp3) is 0.214. The molecule has 0 atom stereocenters. The molecule has 2 rings (SSSR count). The molecule has 0 aliphatic rings. The highest BCUT2D eigenvalue weighted by atomic mass is 32.2. The molecule has 0 radical (unpaired) electrons. The fourth-order valence-electron chi connectivity index (χ4n) is 1.65. The first-order valence-electron chi connectivity index (χ1n) is 6.44. The van der Waals surface area contributed by atoms with E-state index in [9.17, 15) is 9.59 Å². The van der Waals surface area contributed by atoms with Crippen LogP contribution in [0.15, 0.2) is 46.3 Å². The third-order valence-electron chi connectivity index (χ3n) is 2.64. The summed E-state index contributed by atoms with van der Waals surface area (Å²) in [5.74, 6) is 0.653. The van der Waals surface area contributed by atoms with Gasteiger partial charge in [0.15, 0.2) is 5.16 Å². The summed E-state index contributed by atoms with van der Waals surface area (Å²) in [4.78, 5) is 29.4. The minimum Gasteiger partial charge on any atom is -0.383 e. The lowest BCUT2D eigenvalue weighted by atomic mass is 10.2. The van der Waals surface area contributed by atoms with Gasteiger partial charge in [0.05, 0.1) is 0 Å². The maximum Gasteiger partial charge on any atom is 0.253 e. The summed E-state index contributed by atoms with van der Waals surface area (Å²) >= 11 is 1.29. The second kappa shape index (κ2) is 7.49. The number of carbonyl (C=O) groups excluding carboxylic acids is 1. The van der Waals surface area contributed by atoms with E-state index in [1.165, 1.54) is 17.8 Å². The van der Waals surface area contributed by atoms with Crippen LogP contribution in [0.25, 0.3) is 0 Å². The van der Waals surface area contributed by atoms with Crippen LogP contribution in [-0.2, 0) is 11.3 Å². The van der Waals surface area contributed by atoms with Crippen LogP contribution in [0, 0.1) is 0 Å². The van der Waals surface area contributed by atoms with Gasteiger partial charge < -0.3 is 16.0 Å². The van der Waals surface area contributed by atoms with E-state index in [1.807, 2.05) is 30.3 Å². The van der Waals surface area contributed by atoms with Crippen LogP contribution < -0.4 is 16.6 Å². The lowest BCUT2D eigenvalue weighted by Gasteiger charge is -2.05. The van der Waals surface area contributed by atoms with Crippen molar-refractivity contribution in [1.29, 1.82) is 0 Å². The van der Waals surface area contributed by atoms with Gasteiger partial charge in [0.25, 0.3) is 5.56 Å². The number of thioether (sulfide) groups is 1. The number of nitrogens with one attached hydrogen (secondary N) is 2. The van der Waals surface area contributed by atoms with Crippen molar-refractivity contribution >= 4 is 23.5 Å². The van der Waals surface area contributed by atoms with Crippen molar-refractivity contribution in [3.8, 4) is 0 Å². The van der Waals surface area contributed by atoms with Crippen molar-refractivity contribution < 1.29 is 4.79 Å². The number of nitrogen functional groups attached to an aromatic ring is 1. The first kappa shape index (κ1) is 15.1. The van der Waals surface area contributed by atoms with E-state index in [0.717, 1.165) is 5.56 Å². The molecule has 7 heteroatoms. The van der Waals surface area contributed by atoms with Crippen molar-refractivity contribution in [2.24, 2.45) is 0 Å². The third-order valence-corrected chi connectivity index (χ3v) is 3.52. The van der Waals surface area contributed by atoms with Gasteiger partial charge in [-0.3, -0.25) is 9.59 Å². The number of aromatic amines is 1. The molecule has 0 aliphatic heterocycles. The second-order valence-corrected chi connectivity index (χ2v) is 5.42. The van der Waals surface area contributed by atoms with Crippen molar-refractivity contribution in [1.82, 2.24) is 15.3 Å². The number of benzene rings is 1. The largest absolute Gasteiger partial charge is 0.383 e. The Kier molecular flexibility index (Phi) is 5.39. The number of hydrogen-bond acceptors (Lipinski definition) is 5. The molecule has 2 aromatic rings. The Morgan fingerprint density at radius 2 is 2.10 bits per heavy atom. The van der Waals surface area contributed by atoms with Gasteiger partial charge >= 0.3 is 0 Å². The zero-order valence-corrected chi connectivity index (χ0v) is 12.2. The summed E-state index contributed by atoms with van der Waals surface area (Å²) in [5.41, 5.74) is 6.24. The standard InChI is InChI=1S/C14H16N4O2S/c15-11-8-13(20)18-14(17-11)21-7-6-12(19)16-9-10-4-2-1-3-5-10/h1-5,8H,6-7,9H2,(H,16,19)(H3,15,17,18,20). The van der Waals surface area contributed by atoms with Crippen LogP contribution in [0.2, 0.25) is 0 Å². The maximum atomic E-state index is 11.7. The fourth-order valence-corrected chi connectivity index (χ4v) is 2.47. The van der Waals surface area contributed by atoms with Crippen LogP contribution in [-0.4, -0.2) is 21.6 Å². The highest BCUT2D eigenvalue weighted by Crippen LogP contribution is 2.12. The van der Waals surface area contributed by atoms with Gasteiger partial charge in [-0.05, 0) is 5.56 Å². The summed E-state index contributed by atoms with van der Waals surface area (Å²) in [6, 6.07) is 10.9. The minimum atomic E-state index is -0.293. The number of rotatable bonds is 6. The zero-order valence-electron chi connectivity index (χ0n) is 11.3. The van der Waals surface area contributed by atoms with Crippen molar-refractivity contribution in [3.63, 3.8) is 0 Å². The van der Waals surface area contributed by atoms with Crippen LogP contribution in [0.1, 0.15) is 12.0 Å². The molecule has 21 heavy (non-hydrogen) atoms. The molecule has 0 saturated heterocycles. The molecule has 1 aromatic carbocycles. The number of nitrogens with two attached hydrogens (primary N) is 1. The van der Waals surface area contributed by atoms with Crippen molar-refractivity contribution in [3.05, 3.63) is 52.3 Å². The van der Waals surface area contributed by atoms with E-state index in [4.69, 9.17) is 5.73 Å². The normalized spacial score (nSPS) is 10.3. The zero-order chi connectivity index (χ0) is 15.1. The number of amides is 1. The Balaban J connectivity index is 1.73. The lowest BCUT2D eigenvalue weighted by molar-refractivity contribution is -0.120. The van der Waals surface area contributed by atoms with E-state index in [2.05, 4.69) is 15.3 Å². The Labute approximate surface area is 126 Å². The average molecular weight is 304 g/mol. The van der Waals surface area contributed by atoms with Crippen LogP contribution in [0.5, 0.6) is 0 Å². The summed E-state index contributed by atoms with van der Waals surface area (Å²) < 4.78 is 0. The van der Waals surface area contributed by atoms with Gasteiger partial charge in [-0.2, -0.15) is 0 Å². The predicted molar refractivity (Wildman–Crippen MR) is 82.9 cm³/mol. The van der Waals surface area contributed by atoms with Crippen molar-refractivity contribution in [2.75, 3.05) is 11.5 Å². The van der Waals surface area contributed by atoms with E-state index in [-0.39, 0.29) is 17.3 Å². The van der Waals surface area contributed by atoms with E-state index in [1.54, 1.807) is 0 Å². The van der Waals surface area contributed by atoms with Crippen LogP contribution in [0.3, 0.4) is 0 Å². The molecule has 4 N–H and O–H groups in total. The van der Waals surface area contributed by atoms with Crippen LogP contribution in [0.4, 0.5) is 5.82 Å². The highest BCUT2D eigenvalue weighted by Gasteiger charge is 2.04. The maximum absolute atomic E-state index is 11.7. The number of carbonyl (C=O) groups is 1. The van der Waals surface area contributed by atoms with Gasteiger partial charge in [-0.15, -0.1) is 0 Å². The Hall–Kier alpha value is -2.28. The molecule has 0 aliphatic carbocycles. The number of hydrogen-bond donors (Lipinski definition) is 3. The first-order valence-corrected chi connectivity index (χ1v) is 7.42. The summed E-state index contributed by atoms with van der Waals surface area (Å²) in [7, 11) is 0. The number of nitrogens with zero attached hydrogens (tertiary/aromatic N) is 1. The number of anilines is 1. The molecular formula is C14H16N4O2S. The predicted octanol–water partition coefficient (Wildman–Crippen LogP) is 1.15. The molecule has 1 heterocycles. The smallest absolute Gasteiger partial charge is 0.253 e. The molecule has 0 fully saturated rings. The topological polar surface area (TPSA) is 101 Å². The Morgan fingerprint density at radius 1 is 1.33 bits per heavy atom. The molecule has 6 nitrogen and oxygen atoms in total. The highest BCUT2D eigenvalue weighted by molar-refractivity contribution is 7.99. The average Bonchev–Trinajstić information content (AvgIpc) is 2.45. The van der Waals surface area contributed by atoms with Gasteiger partial charge in [-0.25, -0.2) is 4.98 Å². The Morgan fingerprint density at radius 3 is 2.81 bits per heavy atom. The van der Waals surface area contributed by atoms with Gasteiger partial charge in [0, 0.05) is 24.8 Å². The quantitative estimate of drug-likeness (QED) is 0.549. The molecule has 110 valence electrons. The number of aromatic nitrogens is 2. The summed E-state index contributed by atoms with van der Waals surface area (Å²) in [6.07, 6.45) is 0.343. The molecule has 0 spiro atoms. The van der Waals surface area contributed by atoms with E-state index < -0.39 is 0 Å². The van der Waals surface area contributed by atoms with E-state index >= 15 is 0 Å². The molecule has 0 saturated carbocycles. The Bertz CT molecular complexity index is 658. The summed E-state index contributed by atoms with van der Waals surface area (Å²) in [5, 5.41) is 3.27. The first-order chi connectivity index (χ1) is 10.1.